The summed E-state index contributed by atoms with van der Waals surface area (Å²) >= 11 is 0. The van der Waals surface area contributed by atoms with Crippen molar-refractivity contribution in [3.63, 3.8) is 0 Å². The molecule has 2 aromatic rings. The summed E-state index contributed by atoms with van der Waals surface area (Å²) < 4.78 is 5.73. The van der Waals surface area contributed by atoms with Crippen LogP contribution in [0.4, 0.5) is 0 Å². The van der Waals surface area contributed by atoms with Gasteiger partial charge in [-0.05, 0) is 24.6 Å². The number of aryl methyl sites for hydroxylation is 1. The fraction of sp³-hybridized carbons (Fsp3) is 0.250. The van der Waals surface area contributed by atoms with Gasteiger partial charge in [-0.2, -0.15) is 0 Å². The molecule has 1 aliphatic rings. The minimum atomic E-state index is -0.454. The van der Waals surface area contributed by atoms with Crippen LogP contribution >= 0.6 is 0 Å². The van der Waals surface area contributed by atoms with Crippen molar-refractivity contribution in [3.05, 3.63) is 57.0 Å². The van der Waals surface area contributed by atoms with Crippen LogP contribution in [0, 0.1) is 6.92 Å². The number of ether oxygens (including phenoxy) is 1. The minimum absolute atomic E-state index is 0.0686. The Morgan fingerprint density at radius 3 is 2.82 bits per heavy atom. The minimum Gasteiger partial charge on any atom is -0.489 e. The number of rotatable bonds is 4. The van der Waals surface area contributed by atoms with E-state index in [-0.39, 0.29) is 17.9 Å². The van der Waals surface area contributed by atoms with Crippen molar-refractivity contribution in [1.82, 2.24) is 10.2 Å². The number of benzene rings is 1. The monoisotopic (exact) mass is 299 g/mol. The van der Waals surface area contributed by atoms with Crippen LogP contribution in [0.15, 0.2) is 34.6 Å². The second-order valence-electron chi connectivity index (χ2n) is 5.39. The first-order chi connectivity index (χ1) is 10.6. The van der Waals surface area contributed by atoms with Gasteiger partial charge in [-0.25, -0.2) is 0 Å². The maximum Gasteiger partial charge on any atom is 0.267 e. The molecule has 1 aliphatic heterocycles. The molecule has 0 spiro atoms. The van der Waals surface area contributed by atoms with Crippen molar-refractivity contribution in [2.45, 2.75) is 19.3 Å². The maximum absolute atomic E-state index is 12.0. The van der Waals surface area contributed by atoms with Gasteiger partial charge < -0.3 is 15.6 Å². The number of carbonyl (C=O) groups excluding carboxylic acids is 1. The highest BCUT2D eigenvalue weighted by Crippen LogP contribution is 2.34. The van der Waals surface area contributed by atoms with Crippen LogP contribution in [0.25, 0.3) is 6.08 Å². The van der Waals surface area contributed by atoms with Crippen molar-refractivity contribution in [2.75, 3.05) is 6.61 Å². The third kappa shape index (κ3) is 2.55. The van der Waals surface area contributed by atoms with Crippen molar-refractivity contribution in [1.29, 1.82) is 0 Å². The first-order valence-corrected chi connectivity index (χ1v) is 7.04. The Kier molecular flexibility index (Phi) is 3.58. The molecular formula is C16H17N3O3. The number of nitrogens with one attached hydrogen (secondary N) is 2. The molecule has 0 aliphatic carbocycles. The molecule has 0 unspecified atom stereocenters. The Morgan fingerprint density at radius 1 is 1.36 bits per heavy atom. The molecule has 3 rings (SSSR count). The Bertz CT molecular complexity index is 801. The van der Waals surface area contributed by atoms with Gasteiger partial charge in [0.2, 0.25) is 5.91 Å². The molecular weight excluding hydrogens is 282 g/mol. The Labute approximate surface area is 127 Å². The van der Waals surface area contributed by atoms with Crippen LogP contribution in [0.5, 0.6) is 5.75 Å². The van der Waals surface area contributed by atoms with E-state index in [0.717, 1.165) is 16.9 Å². The van der Waals surface area contributed by atoms with Gasteiger partial charge >= 0.3 is 0 Å². The van der Waals surface area contributed by atoms with E-state index in [1.54, 1.807) is 6.92 Å². The number of nitrogens with two attached hydrogens (primary N) is 1. The number of hydrogen-bond acceptors (Lipinski definition) is 3. The molecule has 6 heteroatoms. The third-order valence-corrected chi connectivity index (χ3v) is 3.87. The molecule has 1 aromatic carbocycles. The van der Waals surface area contributed by atoms with Crippen LogP contribution in [-0.4, -0.2) is 22.7 Å². The van der Waals surface area contributed by atoms with Gasteiger partial charge in [0.25, 0.3) is 5.56 Å². The van der Waals surface area contributed by atoms with Gasteiger partial charge in [0.15, 0.2) is 0 Å². The quantitative estimate of drug-likeness (QED) is 0.796. The van der Waals surface area contributed by atoms with Gasteiger partial charge in [-0.1, -0.05) is 18.2 Å². The number of aromatic amines is 2. The van der Waals surface area contributed by atoms with Gasteiger partial charge in [0, 0.05) is 29.2 Å². The van der Waals surface area contributed by atoms with Crippen LogP contribution in [0.3, 0.4) is 0 Å². The number of amides is 1. The lowest BCUT2D eigenvalue weighted by Crippen LogP contribution is -2.24. The summed E-state index contributed by atoms with van der Waals surface area (Å²) in [6.45, 7) is 2.12. The van der Waals surface area contributed by atoms with E-state index < -0.39 is 5.91 Å². The zero-order valence-corrected chi connectivity index (χ0v) is 12.2. The Morgan fingerprint density at radius 2 is 2.14 bits per heavy atom. The smallest absolute Gasteiger partial charge is 0.267 e. The molecule has 22 heavy (non-hydrogen) atoms. The molecule has 6 nitrogen and oxygen atoms in total. The molecule has 1 amide bonds. The zero-order valence-electron chi connectivity index (χ0n) is 12.2. The molecule has 0 saturated carbocycles. The molecule has 2 heterocycles. The summed E-state index contributed by atoms with van der Waals surface area (Å²) in [4.78, 5) is 23.5. The fourth-order valence-electron chi connectivity index (χ4n) is 2.83. The van der Waals surface area contributed by atoms with Crippen molar-refractivity contribution in [2.24, 2.45) is 5.73 Å². The third-order valence-electron chi connectivity index (χ3n) is 3.87. The number of fused-ring (bicyclic) bond motifs is 1. The molecule has 0 radical (unpaired) electrons. The summed E-state index contributed by atoms with van der Waals surface area (Å²) in [5.74, 6) is -0.0469. The van der Waals surface area contributed by atoms with E-state index >= 15 is 0 Å². The molecule has 0 fully saturated rings. The molecule has 4 N–H and O–H groups in total. The van der Waals surface area contributed by atoms with Crippen molar-refractivity contribution < 1.29 is 9.53 Å². The van der Waals surface area contributed by atoms with E-state index in [1.807, 2.05) is 30.3 Å². The topological polar surface area (TPSA) is 101 Å². The summed E-state index contributed by atoms with van der Waals surface area (Å²) in [5.41, 5.74) is 8.18. The Balaban J connectivity index is 2.06. The lowest BCUT2D eigenvalue weighted by atomic mass is 9.86. The number of aromatic nitrogens is 2. The van der Waals surface area contributed by atoms with Gasteiger partial charge in [0.1, 0.15) is 12.4 Å². The normalized spacial score (nSPS) is 14.7. The number of carbonyl (C=O) groups is 1. The summed E-state index contributed by atoms with van der Waals surface area (Å²) in [7, 11) is 0. The lowest BCUT2D eigenvalue weighted by Gasteiger charge is -2.23. The van der Waals surface area contributed by atoms with E-state index in [4.69, 9.17) is 10.5 Å². The predicted molar refractivity (Wildman–Crippen MR) is 82.6 cm³/mol. The SMILES string of the molecule is Cc1[nH][nH]c(=O)c1[C@@H](CC(N)=O)C1=Cc2ccccc2OC1. The van der Waals surface area contributed by atoms with Gasteiger partial charge in [-0.15, -0.1) is 0 Å². The number of H-pyrrole nitrogens is 2. The fourth-order valence-corrected chi connectivity index (χ4v) is 2.83. The summed E-state index contributed by atoms with van der Waals surface area (Å²) in [6.07, 6.45) is 2.04. The van der Waals surface area contributed by atoms with E-state index in [9.17, 15) is 9.59 Å². The Hall–Kier alpha value is -2.76. The van der Waals surface area contributed by atoms with Crippen molar-refractivity contribution >= 4 is 12.0 Å². The second-order valence-corrected chi connectivity index (χ2v) is 5.39. The van der Waals surface area contributed by atoms with Crippen molar-refractivity contribution in [3.8, 4) is 5.75 Å². The molecule has 1 aromatic heterocycles. The highest BCUT2D eigenvalue weighted by atomic mass is 16.5. The van der Waals surface area contributed by atoms with Crippen LogP contribution in [0.1, 0.15) is 29.2 Å². The first kappa shape index (κ1) is 14.2. The molecule has 0 saturated heterocycles. The number of para-hydroxylation sites is 1. The van der Waals surface area contributed by atoms with Crippen LogP contribution in [-0.2, 0) is 4.79 Å². The molecule has 114 valence electrons. The molecule has 1 atom stereocenters. The van der Waals surface area contributed by atoms with Gasteiger partial charge in [-0.3, -0.25) is 14.7 Å². The highest BCUT2D eigenvalue weighted by molar-refractivity contribution is 5.76. The standard InChI is InChI=1S/C16H17N3O3/c1-9-15(16(21)19-18-9)12(7-14(17)20)11-6-10-4-2-3-5-13(10)22-8-11/h2-6,12H,7-8H2,1H3,(H2,17,20)(H2,18,19,21)/t12-/m0/s1. The zero-order chi connectivity index (χ0) is 15.7. The molecule has 0 bridgehead atoms. The average molecular weight is 299 g/mol. The summed E-state index contributed by atoms with van der Waals surface area (Å²) in [5, 5.41) is 5.34. The van der Waals surface area contributed by atoms with E-state index in [0.29, 0.717) is 17.9 Å². The largest absolute Gasteiger partial charge is 0.489 e. The maximum atomic E-state index is 12.0. The second kappa shape index (κ2) is 5.55. The first-order valence-electron chi connectivity index (χ1n) is 7.04. The predicted octanol–water partition coefficient (Wildman–Crippen LogP) is 1.45. The number of hydrogen-bond donors (Lipinski definition) is 3. The van der Waals surface area contributed by atoms with E-state index in [1.165, 1.54) is 0 Å². The van der Waals surface area contributed by atoms with Gasteiger partial charge in [0.05, 0.1) is 0 Å². The lowest BCUT2D eigenvalue weighted by molar-refractivity contribution is -0.118. The van der Waals surface area contributed by atoms with Crippen LogP contribution < -0.4 is 16.0 Å². The average Bonchev–Trinajstić information content (AvgIpc) is 2.83. The highest BCUT2D eigenvalue weighted by Gasteiger charge is 2.27. The van der Waals surface area contributed by atoms with E-state index in [2.05, 4.69) is 10.2 Å². The van der Waals surface area contributed by atoms with Crippen LogP contribution in [0.2, 0.25) is 0 Å². The number of primary amides is 1. The summed E-state index contributed by atoms with van der Waals surface area (Å²) in [6, 6.07) is 7.64.